The second-order valence-corrected chi connectivity index (χ2v) is 12.9. The molecule has 2 aliphatic heterocycles. The van der Waals surface area contributed by atoms with E-state index in [1.54, 1.807) is 0 Å². The largest absolute Gasteiger partial charge is 0.458 e. The van der Waals surface area contributed by atoms with Crippen molar-refractivity contribution >= 4 is 11.9 Å². The normalized spacial score (nSPS) is 33.8. The third kappa shape index (κ3) is 10.0. The van der Waals surface area contributed by atoms with Crippen LogP contribution in [0.2, 0.25) is 0 Å². The Kier molecular flexibility index (Phi) is 12.3. The lowest BCUT2D eigenvalue weighted by Crippen LogP contribution is -2.34. The second-order valence-electron chi connectivity index (χ2n) is 12.9. The van der Waals surface area contributed by atoms with E-state index in [1.165, 1.54) is 13.3 Å². The van der Waals surface area contributed by atoms with E-state index in [0.29, 0.717) is 36.4 Å². The highest BCUT2D eigenvalue weighted by Gasteiger charge is 2.44. The second kappa shape index (κ2) is 14.5. The summed E-state index contributed by atoms with van der Waals surface area (Å²) in [4.78, 5) is 24.7. The molecular weight excluding hydrogens is 476 g/mol. The molecule has 5 heteroatoms. The van der Waals surface area contributed by atoms with Crippen molar-refractivity contribution in [1.82, 2.24) is 0 Å². The predicted octanol–water partition coefficient (Wildman–Crippen LogP) is 7.85. The van der Waals surface area contributed by atoms with Gasteiger partial charge in [0.2, 0.25) is 0 Å². The van der Waals surface area contributed by atoms with Crippen LogP contribution in [0.15, 0.2) is 36.0 Å². The summed E-state index contributed by atoms with van der Waals surface area (Å²) >= 11 is 0. The summed E-state index contributed by atoms with van der Waals surface area (Å²) in [7, 11) is 0. The van der Waals surface area contributed by atoms with Gasteiger partial charge in [0, 0.05) is 24.7 Å². The van der Waals surface area contributed by atoms with E-state index in [9.17, 15) is 9.59 Å². The summed E-state index contributed by atoms with van der Waals surface area (Å²) in [6.07, 6.45) is 14.8. The van der Waals surface area contributed by atoms with Gasteiger partial charge in [-0.05, 0) is 61.5 Å². The Morgan fingerprint density at radius 1 is 1.18 bits per heavy atom. The average Bonchev–Trinajstić information content (AvgIpc) is 3.60. The van der Waals surface area contributed by atoms with Gasteiger partial charge in [-0.15, -0.1) is 0 Å². The van der Waals surface area contributed by atoms with Crippen LogP contribution in [-0.2, 0) is 23.8 Å². The molecule has 0 saturated carbocycles. The van der Waals surface area contributed by atoms with Gasteiger partial charge in [0.15, 0.2) is 0 Å². The number of hydrogen-bond acceptors (Lipinski definition) is 5. The minimum absolute atomic E-state index is 0.0627. The summed E-state index contributed by atoms with van der Waals surface area (Å²) in [6.45, 7) is 21.0. The zero-order valence-electron chi connectivity index (χ0n) is 25.7. The number of carbonyl (C=O) groups is 2. The van der Waals surface area contributed by atoms with Crippen molar-refractivity contribution in [2.75, 3.05) is 0 Å². The molecule has 0 aliphatic carbocycles. The molecule has 0 amide bonds. The van der Waals surface area contributed by atoms with Gasteiger partial charge in [0.25, 0.3) is 0 Å². The zero-order chi connectivity index (χ0) is 28.6. The number of esters is 2. The molecule has 38 heavy (non-hydrogen) atoms. The Bertz CT molecular complexity index is 869. The Morgan fingerprint density at radius 2 is 1.87 bits per heavy atom. The van der Waals surface area contributed by atoms with E-state index in [0.717, 1.165) is 24.8 Å². The molecule has 0 aromatic carbocycles. The van der Waals surface area contributed by atoms with Gasteiger partial charge in [-0.25, -0.2) is 0 Å². The fourth-order valence-corrected chi connectivity index (χ4v) is 5.41. The standard InChI is InChI=1S/C33H54O5/c1-11-23(4)26(7)32-28(37-32)19-21(2)13-12-14-24(5)31-25(6)15-16-29(36-27(8)34)33(9,10)18-17-22(3)20-30(35)38-31/h12-16,21-23,25-26,28-29,31-32H,11,17-20H2,1-10H3/b13-12+,16-15+,24-14+. The highest BCUT2D eigenvalue weighted by molar-refractivity contribution is 5.70. The molecule has 9 unspecified atom stereocenters. The number of ether oxygens (including phenoxy) is 3. The number of epoxide rings is 1. The number of hydrogen-bond donors (Lipinski definition) is 0. The first kappa shape index (κ1) is 32.3. The summed E-state index contributed by atoms with van der Waals surface area (Å²) < 4.78 is 17.7. The molecular formula is C33H54O5. The minimum Gasteiger partial charge on any atom is -0.458 e. The van der Waals surface area contributed by atoms with Crippen molar-refractivity contribution in [1.29, 1.82) is 0 Å². The lowest BCUT2D eigenvalue weighted by atomic mass is 9.78. The summed E-state index contributed by atoms with van der Waals surface area (Å²) in [6, 6.07) is 0. The predicted molar refractivity (Wildman–Crippen MR) is 154 cm³/mol. The molecule has 0 aromatic rings. The van der Waals surface area contributed by atoms with Gasteiger partial charge < -0.3 is 14.2 Å². The lowest BCUT2D eigenvalue weighted by molar-refractivity contribution is -0.150. The molecule has 0 aromatic heterocycles. The van der Waals surface area contributed by atoms with Crippen LogP contribution in [0.4, 0.5) is 0 Å². The molecule has 9 atom stereocenters. The molecule has 2 heterocycles. The quantitative estimate of drug-likeness (QED) is 0.131. The van der Waals surface area contributed by atoms with Crippen LogP contribution in [0.5, 0.6) is 0 Å². The van der Waals surface area contributed by atoms with E-state index >= 15 is 0 Å². The van der Waals surface area contributed by atoms with Crippen molar-refractivity contribution < 1.29 is 23.8 Å². The fraction of sp³-hybridized carbons (Fsp3) is 0.758. The van der Waals surface area contributed by atoms with Crippen LogP contribution in [0.3, 0.4) is 0 Å². The van der Waals surface area contributed by atoms with Crippen LogP contribution >= 0.6 is 0 Å². The first-order chi connectivity index (χ1) is 17.7. The van der Waals surface area contributed by atoms with Crippen LogP contribution in [0.25, 0.3) is 0 Å². The van der Waals surface area contributed by atoms with Crippen molar-refractivity contribution in [3.8, 4) is 0 Å². The first-order valence-corrected chi connectivity index (χ1v) is 14.8. The maximum Gasteiger partial charge on any atom is 0.306 e. The average molecular weight is 531 g/mol. The fourth-order valence-electron chi connectivity index (χ4n) is 5.41. The van der Waals surface area contributed by atoms with E-state index in [1.807, 2.05) is 26.0 Å². The number of cyclic esters (lactones) is 1. The molecule has 216 valence electrons. The lowest BCUT2D eigenvalue weighted by Gasteiger charge is -2.34. The number of rotatable bonds is 9. The van der Waals surface area contributed by atoms with Crippen molar-refractivity contribution in [2.45, 2.75) is 126 Å². The SMILES string of the molecule is CCC(C)C(C)C1OC1CC(C)/C=C/C=C(\C)C1OC(=O)CC(C)CCC(C)(C)C(OC(C)=O)/C=C/C1C. The molecule has 5 nitrogen and oxygen atoms in total. The summed E-state index contributed by atoms with van der Waals surface area (Å²) in [5.74, 6) is 1.38. The van der Waals surface area contributed by atoms with Crippen LogP contribution in [0.1, 0.15) is 101 Å². The van der Waals surface area contributed by atoms with Crippen LogP contribution in [-0.4, -0.2) is 36.4 Å². The van der Waals surface area contributed by atoms with Gasteiger partial charge in [-0.3, -0.25) is 9.59 Å². The Hall–Kier alpha value is -1.88. The summed E-state index contributed by atoms with van der Waals surface area (Å²) in [5.41, 5.74) is 0.771. The smallest absolute Gasteiger partial charge is 0.306 e. The van der Waals surface area contributed by atoms with Crippen LogP contribution in [0, 0.1) is 35.0 Å². The van der Waals surface area contributed by atoms with E-state index < -0.39 is 0 Å². The topological polar surface area (TPSA) is 65.1 Å². The van der Waals surface area contributed by atoms with Gasteiger partial charge >= 0.3 is 11.9 Å². The number of carbonyl (C=O) groups excluding carboxylic acids is 2. The first-order valence-electron chi connectivity index (χ1n) is 14.8. The van der Waals surface area contributed by atoms with Crippen LogP contribution < -0.4 is 0 Å². The van der Waals surface area contributed by atoms with E-state index in [-0.39, 0.29) is 41.4 Å². The molecule has 0 spiro atoms. The van der Waals surface area contributed by atoms with E-state index in [2.05, 4.69) is 66.7 Å². The van der Waals surface area contributed by atoms with Crippen molar-refractivity contribution in [3.05, 3.63) is 36.0 Å². The minimum atomic E-state index is -0.376. The molecule has 0 radical (unpaired) electrons. The van der Waals surface area contributed by atoms with Crippen molar-refractivity contribution in [3.63, 3.8) is 0 Å². The maximum atomic E-state index is 12.8. The molecule has 1 fully saturated rings. The molecule has 1 saturated heterocycles. The Morgan fingerprint density at radius 3 is 2.50 bits per heavy atom. The Balaban J connectivity index is 2.12. The van der Waals surface area contributed by atoms with E-state index in [4.69, 9.17) is 14.2 Å². The monoisotopic (exact) mass is 530 g/mol. The van der Waals surface area contributed by atoms with Gasteiger partial charge in [-0.1, -0.05) is 86.1 Å². The van der Waals surface area contributed by atoms with Crippen molar-refractivity contribution in [2.24, 2.45) is 35.0 Å². The molecule has 2 aliphatic rings. The zero-order valence-corrected chi connectivity index (χ0v) is 25.7. The van der Waals surface area contributed by atoms with Gasteiger partial charge in [0.1, 0.15) is 12.2 Å². The third-order valence-corrected chi connectivity index (χ3v) is 8.72. The molecule has 0 N–H and O–H groups in total. The Labute approximate surface area is 232 Å². The molecule has 2 rings (SSSR count). The van der Waals surface area contributed by atoms with Gasteiger partial charge in [0.05, 0.1) is 12.2 Å². The number of allylic oxidation sites excluding steroid dienone is 3. The summed E-state index contributed by atoms with van der Waals surface area (Å²) in [5, 5.41) is 0. The molecule has 0 bridgehead atoms. The third-order valence-electron chi connectivity index (χ3n) is 8.72. The highest BCUT2D eigenvalue weighted by Crippen LogP contribution is 2.38. The van der Waals surface area contributed by atoms with Gasteiger partial charge in [-0.2, -0.15) is 0 Å². The maximum absolute atomic E-state index is 12.8. The highest BCUT2D eigenvalue weighted by atomic mass is 16.6.